The number of allylic oxidation sites excluding steroid dienone is 1. The van der Waals surface area contributed by atoms with Crippen LogP contribution in [-0.2, 0) is 20.9 Å². The van der Waals surface area contributed by atoms with E-state index in [9.17, 15) is 18.4 Å². The van der Waals surface area contributed by atoms with Crippen LogP contribution in [-0.4, -0.2) is 32.2 Å². The summed E-state index contributed by atoms with van der Waals surface area (Å²) in [4.78, 5) is 22.6. The van der Waals surface area contributed by atoms with Crippen LogP contribution in [0.5, 0.6) is 11.5 Å². The first-order valence-corrected chi connectivity index (χ1v) is 6.64. The molecule has 1 rings (SSSR count). The molecule has 8 heteroatoms. The fourth-order valence-electron chi connectivity index (χ4n) is 1.59. The number of amides is 1. The van der Waals surface area contributed by atoms with Gasteiger partial charge < -0.3 is 19.5 Å². The first-order valence-electron chi connectivity index (χ1n) is 6.64. The standard InChI is InChI=1S/C15H17F2NO5/c1-3-4-14(20)22-9-13(19)18-8-10-5-6-11(23-15(16)17)12(7-10)21-2/h3-7,15H,8-9H2,1-2H3,(H,18,19)/b4-3+. The van der Waals surface area contributed by atoms with Gasteiger partial charge in [0.05, 0.1) is 7.11 Å². The molecule has 6 nitrogen and oxygen atoms in total. The van der Waals surface area contributed by atoms with Gasteiger partial charge in [-0.2, -0.15) is 8.78 Å². The number of halogens is 2. The van der Waals surface area contributed by atoms with E-state index < -0.39 is 25.1 Å². The maximum atomic E-state index is 12.2. The summed E-state index contributed by atoms with van der Waals surface area (Å²) in [5.41, 5.74) is 0.608. The Hall–Kier alpha value is -2.64. The highest BCUT2D eigenvalue weighted by Crippen LogP contribution is 2.29. The Morgan fingerprint density at radius 3 is 2.65 bits per heavy atom. The van der Waals surface area contributed by atoms with Crippen molar-refractivity contribution in [3.8, 4) is 11.5 Å². The molecule has 0 spiro atoms. The molecule has 1 aromatic carbocycles. The number of hydrogen-bond donors (Lipinski definition) is 1. The van der Waals surface area contributed by atoms with Gasteiger partial charge in [0, 0.05) is 12.6 Å². The predicted molar refractivity (Wildman–Crippen MR) is 77.2 cm³/mol. The molecule has 1 amide bonds. The Kier molecular flexibility index (Phi) is 7.52. The number of rotatable bonds is 8. The molecule has 0 radical (unpaired) electrons. The topological polar surface area (TPSA) is 73.9 Å². The molecular formula is C15H17F2NO5. The zero-order chi connectivity index (χ0) is 17.2. The van der Waals surface area contributed by atoms with E-state index in [1.807, 2.05) is 0 Å². The van der Waals surface area contributed by atoms with Crippen LogP contribution < -0.4 is 14.8 Å². The molecular weight excluding hydrogens is 312 g/mol. The Morgan fingerprint density at radius 2 is 2.04 bits per heavy atom. The third kappa shape index (κ3) is 6.77. The van der Waals surface area contributed by atoms with Gasteiger partial charge >= 0.3 is 12.6 Å². The number of ether oxygens (including phenoxy) is 3. The lowest BCUT2D eigenvalue weighted by Crippen LogP contribution is -2.28. The minimum absolute atomic E-state index is 0.0992. The molecule has 0 heterocycles. The highest BCUT2D eigenvalue weighted by molar-refractivity contribution is 5.85. The van der Waals surface area contributed by atoms with E-state index >= 15 is 0 Å². The SMILES string of the molecule is C/C=C/C(=O)OCC(=O)NCc1ccc(OC(F)F)c(OC)c1. The van der Waals surface area contributed by atoms with E-state index in [1.54, 1.807) is 6.92 Å². The molecule has 1 N–H and O–H groups in total. The summed E-state index contributed by atoms with van der Waals surface area (Å²) in [6.07, 6.45) is 2.69. The Morgan fingerprint density at radius 1 is 1.30 bits per heavy atom. The highest BCUT2D eigenvalue weighted by atomic mass is 19.3. The smallest absolute Gasteiger partial charge is 0.387 e. The summed E-state index contributed by atoms with van der Waals surface area (Å²) in [6, 6.07) is 4.29. The quantitative estimate of drug-likeness (QED) is 0.583. The van der Waals surface area contributed by atoms with Gasteiger partial charge in [-0.25, -0.2) is 4.79 Å². The van der Waals surface area contributed by atoms with Gasteiger partial charge in [-0.15, -0.1) is 0 Å². The van der Waals surface area contributed by atoms with Gasteiger partial charge in [-0.3, -0.25) is 4.79 Å². The van der Waals surface area contributed by atoms with Gasteiger partial charge in [0.15, 0.2) is 18.1 Å². The predicted octanol–water partition coefficient (Wildman–Crippen LogP) is 2.03. The van der Waals surface area contributed by atoms with Crippen molar-refractivity contribution in [3.63, 3.8) is 0 Å². The van der Waals surface area contributed by atoms with Crippen molar-refractivity contribution < 1.29 is 32.6 Å². The van der Waals surface area contributed by atoms with Gasteiger partial charge in [0.25, 0.3) is 5.91 Å². The van der Waals surface area contributed by atoms with E-state index in [-0.39, 0.29) is 18.0 Å². The number of benzene rings is 1. The number of alkyl halides is 2. The average Bonchev–Trinajstić information content (AvgIpc) is 2.51. The molecule has 0 aliphatic carbocycles. The van der Waals surface area contributed by atoms with Gasteiger partial charge in [0.2, 0.25) is 0 Å². The van der Waals surface area contributed by atoms with E-state index in [0.717, 1.165) is 0 Å². The normalized spacial score (nSPS) is 10.7. The Labute approximate surface area is 132 Å². The van der Waals surface area contributed by atoms with Crippen LogP contribution in [0.2, 0.25) is 0 Å². The molecule has 0 fully saturated rings. The Balaban J connectivity index is 2.54. The van der Waals surface area contributed by atoms with Crippen LogP contribution in [0.1, 0.15) is 12.5 Å². The molecule has 0 aliphatic rings. The summed E-state index contributed by atoms with van der Waals surface area (Å²) >= 11 is 0. The second kappa shape index (κ2) is 9.39. The maximum Gasteiger partial charge on any atom is 0.387 e. The number of methoxy groups -OCH3 is 1. The zero-order valence-corrected chi connectivity index (χ0v) is 12.7. The molecule has 0 unspecified atom stereocenters. The van der Waals surface area contributed by atoms with Crippen LogP contribution in [0.4, 0.5) is 8.78 Å². The van der Waals surface area contributed by atoms with Crippen LogP contribution in [0, 0.1) is 0 Å². The Bertz CT molecular complexity index is 575. The number of carbonyl (C=O) groups is 2. The number of carbonyl (C=O) groups excluding carboxylic acids is 2. The lowest BCUT2D eigenvalue weighted by atomic mass is 10.2. The average molecular weight is 329 g/mol. The minimum Gasteiger partial charge on any atom is -0.493 e. The number of esters is 1. The third-order valence-electron chi connectivity index (χ3n) is 2.58. The molecule has 1 aromatic rings. The van der Waals surface area contributed by atoms with Crippen LogP contribution >= 0.6 is 0 Å². The molecule has 23 heavy (non-hydrogen) atoms. The van der Waals surface area contributed by atoms with Crippen molar-refractivity contribution in [2.75, 3.05) is 13.7 Å². The summed E-state index contributed by atoms with van der Waals surface area (Å²) in [5.74, 6) is -1.08. The lowest BCUT2D eigenvalue weighted by molar-refractivity contribution is -0.143. The van der Waals surface area contributed by atoms with E-state index in [4.69, 9.17) is 4.74 Å². The first-order chi connectivity index (χ1) is 11.0. The van der Waals surface area contributed by atoms with Crippen molar-refractivity contribution in [3.05, 3.63) is 35.9 Å². The molecule has 0 bridgehead atoms. The molecule has 0 aromatic heterocycles. The fraction of sp³-hybridized carbons (Fsp3) is 0.333. The summed E-state index contributed by atoms with van der Waals surface area (Å²) in [5, 5.41) is 2.52. The van der Waals surface area contributed by atoms with Gasteiger partial charge in [-0.05, 0) is 24.6 Å². The first kappa shape index (κ1) is 18.4. The van der Waals surface area contributed by atoms with Crippen LogP contribution in [0.25, 0.3) is 0 Å². The second-order valence-electron chi connectivity index (χ2n) is 4.25. The molecule has 126 valence electrons. The number of hydrogen-bond acceptors (Lipinski definition) is 5. The molecule has 0 atom stereocenters. The summed E-state index contributed by atoms with van der Waals surface area (Å²) in [6.45, 7) is -1.60. The third-order valence-corrected chi connectivity index (χ3v) is 2.58. The van der Waals surface area contributed by atoms with Crippen LogP contribution in [0.3, 0.4) is 0 Å². The van der Waals surface area contributed by atoms with Crippen molar-refractivity contribution in [1.29, 1.82) is 0 Å². The molecule has 0 aliphatic heterocycles. The van der Waals surface area contributed by atoms with Crippen molar-refractivity contribution >= 4 is 11.9 Å². The highest BCUT2D eigenvalue weighted by Gasteiger charge is 2.11. The summed E-state index contributed by atoms with van der Waals surface area (Å²) < 4.78 is 38.4. The second-order valence-corrected chi connectivity index (χ2v) is 4.25. The number of nitrogens with one attached hydrogen (secondary N) is 1. The molecule has 0 saturated heterocycles. The van der Waals surface area contributed by atoms with Gasteiger partial charge in [-0.1, -0.05) is 12.1 Å². The lowest BCUT2D eigenvalue weighted by Gasteiger charge is -2.12. The maximum absolute atomic E-state index is 12.2. The zero-order valence-electron chi connectivity index (χ0n) is 12.7. The van der Waals surface area contributed by atoms with Crippen LogP contribution in [0.15, 0.2) is 30.4 Å². The van der Waals surface area contributed by atoms with E-state index in [1.165, 1.54) is 37.5 Å². The van der Waals surface area contributed by atoms with Crippen molar-refractivity contribution in [2.24, 2.45) is 0 Å². The summed E-state index contributed by atoms with van der Waals surface area (Å²) in [7, 11) is 1.32. The van der Waals surface area contributed by atoms with E-state index in [2.05, 4.69) is 14.8 Å². The van der Waals surface area contributed by atoms with Crippen molar-refractivity contribution in [1.82, 2.24) is 5.32 Å². The largest absolute Gasteiger partial charge is 0.493 e. The minimum atomic E-state index is -2.96. The fourth-order valence-corrected chi connectivity index (χ4v) is 1.59. The van der Waals surface area contributed by atoms with E-state index in [0.29, 0.717) is 5.56 Å². The van der Waals surface area contributed by atoms with Gasteiger partial charge in [0.1, 0.15) is 0 Å². The van der Waals surface area contributed by atoms with Crippen molar-refractivity contribution in [2.45, 2.75) is 20.1 Å². The molecule has 0 saturated carbocycles. The monoisotopic (exact) mass is 329 g/mol.